The predicted molar refractivity (Wildman–Crippen MR) is 89.0 cm³/mol. The number of fused-ring (bicyclic) bond motifs is 1. The second-order valence-corrected chi connectivity index (χ2v) is 6.13. The van der Waals surface area contributed by atoms with Crippen LogP contribution in [-0.2, 0) is 31.4 Å². The number of carbonyl (C=O) groups is 1. The van der Waals surface area contributed by atoms with Crippen LogP contribution in [0.5, 0.6) is 11.5 Å². The van der Waals surface area contributed by atoms with E-state index in [1.54, 1.807) is 14.2 Å². The maximum Gasteiger partial charge on any atom is 0.265 e. The number of hydrogen-bond donors (Lipinski definition) is 0. The first-order chi connectivity index (χ1) is 11.5. The molecule has 0 fully saturated rings. The molecule has 0 atom stereocenters. The van der Waals surface area contributed by atoms with Crippen LogP contribution in [-0.4, -0.2) is 36.1 Å². The van der Waals surface area contributed by atoms with Gasteiger partial charge in [-0.2, -0.15) is 0 Å². The van der Waals surface area contributed by atoms with Crippen LogP contribution >= 0.6 is 0 Å². The normalized spacial score (nSPS) is 13.0. The summed E-state index contributed by atoms with van der Waals surface area (Å²) in [6.45, 7) is 3.72. The van der Waals surface area contributed by atoms with E-state index in [2.05, 4.69) is 0 Å². The topological polar surface area (TPSA) is 47.6 Å². The average Bonchev–Trinajstić information content (AvgIpc) is 2.91. The molecule has 0 unspecified atom stereocenters. The number of carbonyl (C=O) groups excluding carboxylic acids is 1. The Labute approximate surface area is 154 Å². The number of aryl methyl sites for hydroxylation is 1. The zero-order valence-corrected chi connectivity index (χ0v) is 15.8. The van der Waals surface area contributed by atoms with E-state index in [9.17, 15) is 4.79 Å². The summed E-state index contributed by atoms with van der Waals surface area (Å²) in [6, 6.07) is 4.00. The lowest BCUT2D eigenvalue weighted by molar-refractivity contribution is -0.677. The van der Waals surface area contributed by atoms with Crippen molar-refractivity contribution < 1.29 is 31.2 Å². The monoisotopic (exact) mass is 365 g/mol. The Bertz CT molecular complexity index is 773. The largest absolute Gasteiger partial charge is 1.00 e. The fourth-order valence-corrected chi connectivity index (χ4v) is 3.11. The third-order valence-corrected chi connectivity index (χ3v) is 4.77. The van der Waals surface area contributed by atoms with Crippen LogP contribution in [0, 0.1) is 6.92 Å². The minimum absolute atomic E-state index is 0. The van der Waals surface area contributed by atoms with Gasteiger partial charge in [0.1, 0.15) is 12.4 Å². The molecule has 0 saturated heterocycles. The molecule has 0 N–H and O–H groups in total. The van der Waals surface area contributed by atoms with Gasteiger partial charge >= 0.3 is 0 Å². The Morgan fingerprint density at radius 2 is 1.84 bits per heavy atom. The molecule has 2 heterocycles. The second kappa shape index (κ2) is 7.78. The lowest BCUT2D eigenvalue weighted by Gasteiger charge is -2.29. The molecule has 0 bridgehead atoms. The first-order valence-electron chi connectivity index (χ1n) is 8.06. The van der Waals surface area contributed by atoms with Crippen LogP contribution < -0.4 is 26.4 Å². The standard InChI is InChI=1S/C18H24N3O3.ClH/c1-13-19(2)7-8-20(13)12-18(22)21-6-5-14-9-16(23-3)17(24-4)10-15(14)11-21;/h7-10H,5-6,11-12H2,1-4H3;1H/q+1;/p-1. The van der Waals surface area contributed by atoms with E-state index < -0.39 is 0 Å². The van der Waals surface area contributed by atoms with Crippen molar-refractivity contribution in [2.75, 3.05) is 20.8 Å². The van der Waals surface area contributed by atoms with Crippen molar-refractivity contribution in [1.29, 1.82) is 0 Å². The minimum atomic E-state index is 0. The van der Waals surface area contributed by atoms with Crippen molar-refractivity contribution in [3.05, 3.63) is 41.5 Å². The fraction of sp³-hybridized carbons (Fsp3) is 0.444. The summed E-state index contributed by atoms with van der Waals surface area (Å²) in [4.78, 5) is 14.6. The van der Waals surface area contributed by atoms with Gasteiger partial charge in [-0.1, -0.05) is 0 Å². The molecular formula is C18H24ClN3O3. The molecule has 0 radical (unpaired) electrons. The Morgan fingerprint density at radius 1 is 1.20 bits per heavy atom. The van der Waals surface area contributed by atoms with Gasteiger partial charge in [-0.15, -0.1) is 0 Å². The molecule has 1 aromatic heterocycles. The molecule has 1 aliphatic heterocycles. The Kier molecular flexibility index (Phi) is 5.95. The molecule has 2 aromatic rings. The maximum absolute atomic E-state index is 12.7. The summed E-state index contributed by atoms with van der Waals surface area (Å²) in [5, 5.41) is 0. The van der Waals surface area contributed by atoms with E-state index in [1.807, 2.05) is 52.5 Å². The summed E-state index contributed by atoms with van der Waals surface area (Å²) < 4.78 is 14.7. The number of hydrogen-bond acceptors (Lipinski definition) is 3. The maximum atomic E-state index is 12.7. The zero-order chi connectivity index (χ0) is 17.3. The van der Waals surface area contributed by atoms with Gasteiger partial charge in [-0.3, -0.25) is 4.79 Å². The van der Waals surface area contributed by atoms with Gasteiger partial charge in [-0.25, -0.2) is 9.13 Å². The smallest absolute Gasteiger partial charge is 0.265 e. The molecule has 7 heteroatoms. The SMILES string of the molecule is COc1cc2c(cc1OC)CN(C(=O)Cn1cc[n+](C)c1C)CC2.[Cl-]. The fourth-order valence-electron chi connectivity index (χ4n) is 3.11. The van der Waals surface area contributed by atoms with Gasteiger partial charge in [0.05, 0.1) is 21.3 Å². The second-order valence-electron chi connectivity index (χ2n) is 6.13. The first-order valence-corrected chi connectivity index (χ1v) is 8.06. The molecule has 1 amide bonds. The van der Waals surface area contributed by atoms with Gasteiger partial charge < -0.3 is 26.8 Å². The third kappa shape index (κ3) is 3.74. The van der Waals surface area contributed by atoms with Crippen molar-refractivity contribution >= 4 is 5.91 Å². The lowest BCUT2D eigenvalue weighted by atomic mass is 9.98. The summed E-state index contributed by atoms with van der Waals surface area (Å²) in [5.74, 6) is 2.65. The molecule has 3 rings (SSSR count). The van der Waals surface area contributed by atoms with Gasteiger partial charge in [0, 0.05) is 20.0 Å². The number of ether oxygens (including phenoxy) is 2. The van der Waals surface area contributed by atoms with Crippen LogP contribution in [0.25, 0.3) is 0 Å². The number of imidazole rings is 1. The average molecular weight is 366 g/mol. The van der Waals surface area contributed by atoms with Crippen LogP contribution in [0.3, 0.4) is 0 Å². The molecule has 0 saturated carbocycles. The molecule has 1 aliphatic rings. The number of nitrogens with zero attached hydrogens (tertiary/aromatic N) is 3. The molecule has 25 heavy (non-hydrogen) atoms. The number of rotatable bonds is 4. The first kappa shape index (κ1) is 19.1. The van der Waals surface area contributed by atoms with E-state index in [0.717, 1.165) is 30.1 Å². The summed E-state index contributed by atoms with van der Waals surface area (Å²) in [6.07, 6.45) is 4.74. The van der Waals surface area contributed by atoms with Crippen LogP contribution in [0.2, 0.25) is 0 Å². The van der Waals surface area contributed by atoms with E-state index in [0.29, 0.717) is 18.8 Å². The van der Waals surface area contributed by atoms with Gasteiger partial charge in [-0.05, 0) is 29.7 Å². The highest BCUT2D eigenvalue weighted by Crippen LogP contribution is 2.33. The highest BCUT2D eigenvalue weighted by atomic mass is 35.5. The zero-order valence-electron chi connectivity index (χ0n) is 15.1. The molecule has 6 nitrogen and oxygen atoms in total. The number of halogens is 1. The van der Waals surface area contributed by atoms with E-state index in [4.69, 9.17) is 9.47 Å². The number of amides is 1. The summed E-state index contributed by atoms with van der Waals surface area (Å²) >= 11 is 0. The minimum Gasteiger partial charge on any atom is -1.00 e. The Hall–Kier alpha value is -2.21. The predicted octanol–water partition coefficient (Wildman–Crippen LogP) is -1.77. The lowest BCUT2D eigenvalue weighted by Crippen LogP contribution is -3.00. The van der Waals surface area contributed by atoms with E-state index >= 15 is 0 Å². The summed E-state index contributed by atoms with van der Waals surface area (Å²) in [5.41, 5.74) is 2.35. The Balaban J connectivity index is 0.00000225. The van der Waals surface area contributed by atoms with E-state index in [-0.39, 0.29) is 18.3 Å². The van der Waals surface area contributed by atoms with E-state index in [1.165, 1.54) is 5.56 Å². The van der Waals surface area contributed by atoms with Crippen molar-refractivity contribution in [3.8, 4) is 11.5 Å². The number of methoxy groups -OCH3 is 2. The number of benzene rings is 1. The van der Waals surface area contributed by atoms with Crippen molar-refractivity contribution in [2.24, 2.45) is 7.05 Å². The Morgan fingerprint density at radius 3 is 2.40 bits per heavy atom. The van der Waals surface area contributed by atoms with Crippen molar-refractivity contribution in [3.63, 3.8) is 0 Å². The van der Waals surface area contributed by atoms with Gasteiger partial charge in [0.2, 0.25) is 0 Å². The number of aromatic nitrogens is 2. The molecule has 136 valence electrons. The van der Waals surface area contributed by atoms with Crippen molar-refractivity contribution in [1.82, 2.24) is 9.47 Å². The van der Waals surface area contributed by atoms with Crippen LogP contribution in [0.1, 0.15) is 17.0 Å². The molecule has 0 spiro atoms. The quantitative estimate of drug-likeness (QED) is 0.602. The molecule has 0 aliphatic carbocycles. The highest BCUT2D eigenvalue weighted by Gasteiger charge is 2.24. The molecule has 1 aromatic carbocycles. The third-order valence-electron chi connectivity index (χ3n) is 4.77. The highest BCUT2D eigenvalue weighted by molar-refractivity contribution is 5.76. The van der Waals surface area contributed by atoms with Gasteiger partial charge in [0.15, 0.2) is 18.0 Å². The summed E-state index contributed by atoms with van der Waals surface area (Å²) in [7, 11) is 5.25. The van der Waals surface area contributed by atoms with Crippen LogP contribution in [0.4, 0.5) is 0 Å². The van der Waals surface area contributed by atoms with Crippen molar-refractivity contribution in [2.45, 2.75) is 26.4 Å². The van der Waals surface area contributed by atoms with Crippen LogP contribution in [0.15, 0.2) is 24.5 Å². The van der Waals surface area contributed by atoms with Gasteiger partial charge in [0.25, 0.3) is 11.7 Å². The molecular weight excluding hydrogens is 342 g/mol.